The summed E-state index contributed by atoms with van der Waals surface area (Å²) >= 11 is 0. The predicted octanol–water partition coefficient (Wildman–Crippen LogP) is 4.44. The fourth-order valence-corrected chi connectivity index (χ4v) is 3.30. The Balaban J connectivity index is 1.65. The number of rotatable bonds is 7. The van der Waals surface area contributed by atoms with E-state index in [4.69, 9.17) is 9.47 Å². The second kappa shape index (κ2) is 9.23. The van der Waals surface area contributed by atoms with Gasteiger partial charge in [0.2, 0.25) is 11.8 Å². The first-order valence-corrected chi connectivity index (χ1v) is 9.72. The predicted molar refractivity (Wildman–Crippen MR) is 121 cm³/mol. The number of ether oxygens (including phenoxy) is 2. The standard InChI is InChI=1S/C24H22N4O3/c1-30-10-4-7-22(29)28-19-6-3-5-16(11-19)18-12-20-21(15-27-24(20)26-14-18)17-8-9-25-23(13-17)31-2/h3-9,11-15H,10H2,1-2H3,(H,26,27)(H,28,29). The van der Waals surface area contributed by atoms with Gasteiger partial charge in [-0.2, -0.15) is 0 Å². The lowest BCUT2D eigenvalue weighted by Gasteiger charge is -2.07. The lowest BCUT2D eigenvalue weighted by molar-refractivity contribution is -0.111. The number of hydrogen-bond acceptors (Lipinski definition) is 5. The second-order valence-electron chi connectivity index (χ2n) is 6.84. The van der Waals surface area contributed by atoms with Crippen LogP contribution in [0.1, 0.15) is 0 Å². The average molecular weight is 414 g/mol. The van der Waals surface area contributed by atoms with Crippen molar-refractivity contribution >= 4 is 22.6 Å². The Morgan fingerprint density at radius 2 is 2.00 bits per heavy atom. The molecule has 0 fully saturated rings. The molecule has 0 bridgehead atoms. The third-order valence-corrected chi connectivity index (χ3v) is 4.78. The lowest BCUT2D eigenvalue weighted by atomic mass is 10.0. The van der Waals surface area contributed by atoms with Gasteiger partial charge in [-0.1, -0.05) is 18.2 Å². The first-order chi connectivity index (χ1) is 15.2. The van der Waals surface area contributed by atoms with Crippen LogP contribution >= 0.6 is 0 Å². The molecule has 0 spiro atoms. The molecule has 31 heavy (non-hydrogen) atoms. The molecule has 3 heterocycles. The van der Waals surface area contributed by atoms with E-state index in [0.717, 1.165) is 33.3 Å². The minimum atomic E-state index is -0.206. The second-order valence-corrected chi connectivity index (χ2v) is 6.84. The molecule has 1 aromatic carbocycles. The Labute approximate surface area is 179 Å². The Morgan fingerprint density at radius 3 is 2.84 bits per heavy atom. The van der Waals surface area contributed by atoms with Gasteiger partial charge in [-0.05, 0) is 35.4 Å². The van der Waals surface area contributed by atoms with Crippen molar-refractivity contribution in [2.24, 2.45) is 0 Å². The van der Waals surface area contributed by atoms with Gasteiger partial charge in [0.15, 0.2) is 0 Å². The molecule has 0 aliphatic rings. The van der Waals surface area contributed by atoms with Gasteiger partial charge in [0.05, 0.1) is 13.7 Å². The molecule has 0 aliphatic carbocycles. The van der Waals surface area contributed by atoms with Crippen LogP contribution in [0.25, 0.3) is 33.3 Å². The van der Waals surface area contributed by atoms with Crippen molar-refractivity contribution < 1.29 is 14.3 Å². The summed E-state index contributed by atoms with van der Waals surface area (Å²) in [7, 11) is 3.18. The van der Waals surface area contributed by atoms with Gasteiger partial charge < -0.3 is 19.8 Å². The summed E-state index contributed by atoms with van der Waals surface area (Å²) in [5.41, 5.74) is 5.40. The molecule has 0 saturated carbocycles. The number of nitrogens with zero attached hydrogens (tertiary/aromatic N) is 2. The van der Waals surface area contributed by atoms with Crippen LogP contribution in [-0.4, -0.2) is 41.7 Å². The molecule has 2 N–H and O–H groups in total. The maximum Gasteiger partial charge on any atom is 0.248 e. The fraction of sp³-hybridized carbons (Fsp3) is 0.125. The first-order valence-electron chi connectivity index (χ1n) is 9.72. The number of amides is 1. The monoisotopic (exact) mass is 414 g/mol. The molecule has 0 unspecified atom stereocenters. The van der Waals surface area contributed by atoms with Crippen molar-refractivity contribution in [2.45, 2.75) is 0 Å². The molecule has 0 aliphatic heterocycles. The Morgan fingerprint density at radius 1 is 1.10 bits per heavy atom. The molecular weight excluding hydrogens is 392 g/mol. The highest BCUT2D eigenvalue weighted by Crippen LogP contribution is 2.32. The van der Waals surface area contributed by atoms with Crippen molar-refractivity contribution in [1.82, 2.24) is 15.0 Å². The van der Waals surface area contributed by atoms with Crippen LogP contribution in [0.2, 0.25) is 0 Å². The number of benzene rings is 1. The molecule has 0 atom stereocenters. The molecule has 7 nitrogen and oxygen atoms in total. The number of nitrogens with one attached hydrogen (secondary N) is 2. The molecule has 0 radical (unpaired) electrons. The van der Waals surface area contributed by atoms with E-state index >= 15 is 0 Å². The number of carbonyl (C=O) groups excluding carboxylic acids is 1. The summed E-state index contributed by atoms with van der Waals surface area (Å²) in [4.78, 5) is 24.0. The lowest BCUT2D eigenvalue weighted by Crippen LogP contribution is -2.08. The molecular formula is C24H22N4O3. The van der Waals surface area contributed by atoms with Crippen molar-refractivity contribution in [1.29, 1.82) is 0 Å². The molecule has 3 aromatic heterocycles. The molecule has 7 heteroatoms. The van der Waals surface area contributed by atoms with Crippen molar-refractivity contribution in [3.8, 4) is 28.1 Å². The molecule has 1 amide bonds. The quantitative estimate of drug-likeness (QED) is 0.437. The number of aromatic amines is 1. The summed E-state index contributed by atoms with van der Waals surface area (Å²) in [5, 5.41) is 3.85. The average Bonchev–Trinajstić information content (AvgIpc) is 3.23. The van der Waals surface area contributed by atoms with E-state index in [1.165, 1.54) is 6.08 Å². The van der Waals surface area contributed by atoms with E-state index in [-0.39, 0.29) is 5.91 Å². The molecule has 4 rings (SSSR count). The number of anilines is 1. The largest absolute Gasteiger partial charge is 0.481 e. The smallest absolute Gasteiger partial charge is 0.248 e. The molecule has 156 valence electrons. The van der Waals surface area contributed by atoms with E-state index in [1.54, 1.807) is 26.5 Å². The van der Waals surface area contributed by atoms with Gasteiger partial charge in [-0.3, -0.25) is 4.79 Å². The Bertz CT molecular complexity index is 1250. The maximum absolute atomic E-state index is 12.0. The van der Waals surface area contributed by atoms with Crippen LogP contribution in [0.15, 0.2) is 73.2 Å². The highest BCUT2D eigenvalue weighted by Gasteiger charge is 2.11. The first kappa shape index (κ1) is 20.3. The minimum Gasteiger partial charge on any atom is -0.481 e. The fourth-order valence-electron chi connectivity index (χ4n) is 3.30. The van der Waals surface area contributed by atoms with Crippen LogP contribution in [0.4, 0.5) is 5.69 Å². The number of methoxy groups -OCH3 is 2. The molecule has 0 saturated heterocycles. The van der Waals surface area contributed by atoms with Crippen LogP contribution in [0.3, 0.4) is 0 Å². The van der Waals surface area contributed by atoms with Crippen molar-refractivity contribution in [3.05, 3.63) is 73.2 Å². The van der Waals surface area contributed by atoms with Gasteiger partial charge in [0, 0.05) is 60.0 Å². The number of H-pyrrole nitrogens is 1. The molecule has 4 aromatic rings. The minimum absolute atomic E-state index is 0.206. The Hall–Kier alpha value is -3.97. The van der Waals surface area contributed by atoms with Gasteiger partial charge in [-0.15, -0.1) is 0 Å². The zero-order chi connectivity index (χ0) is 21.6. The van der Waals surface area contributed by atoms with Crippen LogP contribution in [0, 0.1) is 0 Å². The summed E-state index contributed by atoms with van der Waals surface area (Å²) < 4.78 is 10.2. The maximum atomic E-state index is 12.0. The van der Waals surface area contributed by atoms with Crippen LogP contribution in [0.5, 0.6) is 5.88 Å². The van der Waals surface area contributed by atoms with Crippen LogP contribution < -0.4 is 10.1 Å². The number of pyridine rings is 2. The van der Waals surface area contributed by atoms with Crippen molar-refractivity contribution in [2.75, 3.05) is 26.1 Å². The van der Waals surface area contributed by atoms with Gasteiger partial charge in [0.25, 0.3) is 0 Å². The number of aromatic nitrogens is 3. The SMILES string of the molecule is COCC=CC(=O)Nc1cccc(-c2cnc3[nH]cc(-c4ccnc(OC)c4)c3c2)c1. The topological polar surface area (TPSA) is 89.1 Å². The van der Waals surface area contributed by atoms with E-state index in [2.05, 4.69) is 26.3 Å². The summed E-state index contributed by atoms with van der Waals surface area (Å²) in [6.07, 6.45) is 8.59. The third kappa shape index (κ3) is 4.62. The van der Waals surface area contributed by atoms with Gasteiger partial charge in [-0.25, -0.2) is 9.97 Å². The highest BCUT2D eigenvalue weighted by atomic mass is 16.5. The zero-order valence-electron chi connectivity index (χ0n) is 17.3. The third-order valence-electron chi connectivity index (χ3n) is 4.78. The van der Waals surface area contributed by atoms with E-state index in [9.17, 15) is 4.79 Å². The summed E-state index contributed by atoms with van der Waals surface area (Å²) in [6, 6.07) is 13.6. The van der Waals surface area contributed by atoms with E-state index < -0.39 is 0 Å². The van der Waals surface area contributed by atoms with Gasteiger partial charge >= 0.3 is 0 Å². The normalized spacial score (nSPS) is 11.2. The number of fused-ring (bicyclic) bond motifs is 1. The zero-order valence-corrected chi connectivity index (χ0v) is 17.3. The highest BCUT2D eigenvalue weighted by molar-refractivity contribution is 6.00. The van der Waals surface area contributed by atoms with E-state index in [0.29, 0.717) is 18.2 Å². The van der Waals surface area contributed by atoms with Crippen molar-refractivity contribution in [3.63, 3.8) is 0 Å². The van der Waals surface area contributed by atoms with Crippen LogP contribution in [-0.2, 0) is 9.53 Å². The Kier molecular flexibility index (Phi) is 6.05. The summed E-state index contributed by atoms with van der Waals surface area (Å²) in [5.74, 6) is 0.348. The number of carbonyl (C=O) groups is 1. The van der Waals surface area contributed by atoms with E-state index in [1.807, 2.05) is 48.8 Å². The summed E-state index contributed by atoms with van der Waals surface area (Å²) in [6.45, 7) is 0.390. The van der Waals surface area contributed by atoms with Gasteiger partial charge in [0.1, 0.15) is 5.65 Å². The number of hydrogen-bond donors (Lipinski definition) is 2.